The number of carbonyl (C=O) groups is 2. The first kappa shape index (κ1) is 17.1. The Kier molecular flexibility index (Phi) is 5.42. The SMILES string of the molecule is O=C(CC(C(=O)c1ccccc1)c1cccc(Cl)c1)c1ccccc1. The quantitative estimate of drug-likeness (QED) is 0.545. The zero-order valence-electron chi connectivity index (χ0n) is 13.6. The molecule has 0 radical (unpaired) electrons. The van der Waals surface area contributed by atoms with Gasteiger partial charge in [0.15, 0.2) is 11.6 Å². The van der Waals surface area contributed by atoms with Crippen LogP contribution >= 0.6 is 11.6 Å². The maximum absolute atomic E-state index is 13.0. The van der Waals surface area contributed by atoms with E-state index in [4.69, 9.17) is 11.6 Å². The molecule has 1 atom stereocenters. The van der Waals surface area contributed by atoms with Crippen molar-refractivity contribution in [1.82, 2.24) is 0 Å². The molecule has 2 nitrogen and oxygen atoms in total. The van der Waals surface area contributed by atoms with Crippen LogP contribution in [-0.4, -0.2) is 11.6 Å². The fourth-order valence-electron chi connectivity index (χ4n) is 2.82. The highest BCUT2D eigenvalue weighted by atomic mass is 35.5. The molecule has 0 aliphatic heterocycles. The van der Waals surface area contributed by atoms with Crippen LogP contribution in [-0.2, 0) is 0 Å². The summed E-state index contributed by atoms with van der Waals surface area (Å²) in [6, 6.07) is 25.2. The third-order valence-electron chi connectivity index (χ3n) is 4.11. The Morgan fingerprint density at radius 1 is 0.760 bits per heavy atom. The minimum Gasteiger partial charge on any atom is -0.294 e. The minimum atomic E-state index is -0.561. The smallest absolute Gasteiger partial charge is 0.170 e. The van der Waals surface area contributed by atoms with Crippen molar-refractivity contribution in [2.24, 2.45) is 0 Å². The van der Waals surface area contributed by atoms with Gasteiger partial charge in [0.05, 0.1) is 5.92 Å². The summed E-state index contributed by atoms with van der Waals surface area (Å²) in [5.41, 5.74) is 1.95. The Bertz CT molecular complexity index is 873. The van der Waals surface area contributed by atoms with Gasteiger partial charge >= 0.3 is 0 Å². The molecule has 0 aromatic heterocycles. The average Bonchev–Trinajstić information content (AvgIpc) is 2.67. The fraction of sp³-hybridized carbons (Fsp3) is 0.0909. The summed E-state index contributed by atoms with van der Waals surface area (Å²) in [4.78, 5) is 25.7. The van der Waals surface area contributed by atoms with Crippen molar-refractivity contribution >= 4 is 23.2 Å². The number of carbonyl (C=O) groups excluding carboxylic acids is 2. The van der Waals surface area contributed by atoms with Crippen LogP contribution in [0.4, 0.5) is 0 Å². The van der Waals surface area contributed by atoms with E-state index < -0.39 is 5.92 Å². The lowest BCUT2D eigenvalue weighted by molar-refractivity contribution is 0.0893. The number of halogens is 1. The van der Waals surface area contributed by atoms with Crippen molar-refractivity contribution < 1.29 is 9.59 Å². The van der Waals surface area contributed by atoms with Gasteiger partial charge in [-0.3, -0.25) is 9.59 Å². The maximum Gasteiger partial charge on any atom is 0.170 e. The molecule has 3 aromatic carbocycles. The van der Waals surface area contributed by atoms with E-state index in [1.54, 1.807) is 42.5 Å². The van der Waals surface area contributed by atoms with Crippen LogP contribution in [0.1, 0.15) is 38.6 Å². The van der Waals surface area contributed by atoms with Gasteiger partial charge in [-0.05, 0) is 17.7 Å². The average molecular weight is 349 g/mol. The Labute approximate surface area is 152 Å². The highest BCUT2D eigenvalue weighted by Gasteiger charge is 2.25. The van der Waals surface area contributed by atoms with E-state index in [0.29, 0.717) is 16.1 Å². The van der Waals surface area contributed by atoms with Gasteiger partial charge in [0.2, 0.25) is 0 Å². The first-order valence-electron chi connectivity index (χ1n) is 8.08. The van der Waals surface area contributed by atoms with Gasteiger partial charge < -0.3 is 0 Å². The molecule has 0 aliphatic rings. The number of rotatable bonds is 6. The largest absolute Gasteiger partial charge is 0.294 e. The Morgan fingerprint density at radius 3 is 1.96 bits per heavy atom. The summed E-state index contributed by atoms with van der Waals surface area (Å²) in [5.74, 6) is -0.698. The highest BCUT2D eigenvalue weighted by Crippen LogP contribution is 2.28. The Morgan fingerprint density at radius 2 is 1.36 bits per heavy atom. The molecular weight excluding hydrogens is 332 g/mol. The zero-order chi connectivity index (χ0) is 17.6. The molecule has 0 fully saturated rings. The summed E-state index contributed by atoms with van der Waals surface area (Å²) >= 11 is 6.10. The predicted molar refractivity (Wildman–Crippen MR) is 100 cm³/mol. The number of benzene rings is 3. The molecule has 3 heteroatoms. The molecule has 3 rings (SSSR count). The van der Waals surface area contributed by atoms with E-state index in [0.717, 1.165) is 5.56 Å². The molecule has 0 amide bonds. The second-order valence-corrected chi connectivity index (χ2v) is 6.27. The monoisotopic (exact) mass is 348 g/mol. The number of ketones is 2. The maximum atomic E-state index is 13.0. The third kappa shape index (κ3) is 4.23. The molecule has 0 saturated carbocycles. The molecule has 0 spiro atoms. The van der Waals surface area contributed by atoms with Gasteiger partial charge in [-0.25, -0.2) is 0 Å². The predicted octanol–water partition coefficient (Wildman–Crippen LogP) is 5.58. The van der Waals surface area contributed by atoms with Gasteiger partial charge in [0, 0.05) is 22.6 Å². The van der Waals surface area contributed by atoms with Crippen molar-refractivity contribution in [3.63, 3.8) is 0 Å². The topological polar surface area (TPSA) is 34.1 Å². The van der Waals surface area contributed by atoms with E-state index in [9.17, 15) is 9.59 Å². The first-order chi connectivity index (χ1) is 12.1. The standard InChI is InChI=1S/C22H17ClO2/c23-19-13-7-12-18(14-19)20(22(25)17-10-5-2-6-11-17)15-21(24)16-8-3-1-4-9-16/h1-14,20H,15H2. The summed E-state index contributed by atoms with van der Waals surface area (Å²) in [6.07, 6.45) is 0.109. The number of Topliss-reactive ketones (excluding diaryl/α,β-unsaturated/α-hetero) is 2. The highest BCUT2D eigenvalue weighted by molar-refractivity contribution is 6.30. The second-order valence-electron chi connectivity index (χ2n) is 5.83. The lowest BCUT2D eigenvalue weighted by Gasteiger charge is -2.16. The van der Waals surface area contributed by atoms with Crippen molar-refractivity contribution in [1.29, 1.82) is 0 Å². The van der Waals surface area contributed by atoms with Gasteiger partial charge in [-0.1, -0.05) is 84.4 Å². The zero-order valence-corrected chi connectivity index (χ0v) is 14.3. The number of hydrogen-bond donors (Lipinski definition) is 0. The summed E-state index contributed by atoms with van der Waals surface area (Å²) in [6.45, 7) is 0. The first-order valence-corrected chi connectivity index (χ1v) is 8.46. The fourth-order valence-corrected chi connectivity index (χ4v) is 3.01. The van der Waals surface area contributed by atoms with Crippen LogP contribution in [0.25, 0.3) is 0 Å². The molecule has 0 N–H and O–H groups in total. The lowest BCUT2D eigenvalue weighted by Crippen LogP contribution is -2.17. The molecule has 0 bridgehead atoms. The van der Waals surface area contributed by atoms with Crippen LogP contribution in [0.15, 0.2) is 84.9 Å². The van der Waals surface area contributed by atoms with E-state index in [2.05, 4.69) is 0 Å². The van der Waals surface area contributed by atoms with Crippen LogP contribution in [0.5, 0.6) is 0 Å². The molecular formula is C22H17ClO2. The van der Waals surface area contributed by atoms with E-state index in [1.165, 1.54) is 0 Å². The number of hydrogen-bond acceptors (Lipinski definition) is 2. The van der Waals surface area contributed by atoms with Crippen molar-refractivity contribution in [3.05, 3.63) is 107 Å². The van der Waals surface area contributed by atoms with Gasteiger partial charge in [0.1, 0.15) is 0 Å². The van der Waals surface area contributed by atoms with Crippen LogP contribution in [0, 0.1) is 0 Å². The van der Waals surface area contributed by atoms with Crippen molar-refractivity contribution in [3.8, 4) is 0 Å². The molecule has 0 saturated heterocycles. The van der Waals surface area contributed by atoms with Crippen molar-refractivity contribution in [2.45, 2.75) is 12.3 Å². The van der Waals surface area contributed by atoms with Gasteiger partial charge in [-0.15, -0.1) is 0 Å². The Balaban J connectivity index is 1.95. The van der Waals surface area contributed by atoms with Crippen molar-refractivity contribution in [2.75, 3.05) is 0 Å². The molecule has 0 heterocycles. The Hall–Kier alpha value is -2.71. The van der Waals surface area contributed by atoms with E-state index >= 15 is 0 Å². The summed E-state index contributed by atoms with van der Waals surface area (Å²) in [7, 11) is 0. The third-order valence-corrected chi connectivity index (χ3v) is 4.35. The lowest BCUT2D eigenvalue weighted by atomic mass is 9.85. The minimum absolute atomic E-state index is 0.0603. The summed E-state index contributed by atoms with van der Waals surface area (Å²) in [5, 5.41) is 0.551. The second kappa shape index (κ2) is 7.91. The van der Waals surface area contributed by atoms with Crippen LogP contribution in [0.3, 0.4) is 0 Å². The van der Waals surface area contributed by atoms with Gasteiger partial charge in [-0.2, -0.15) is 0 Å². The van der Waals surface area contributed by atoms with Crippen LogP contribution < -0.4 is 0 Å². The molecule has 124 valence electrons. The normalized spacial score (nSPS) is 11.7. The van der Waals surface area contributed by atoms with Gasteiger partial charge in [0.25, 0.3) is 0 Å². The molecule has 3 aromatic rings. The molecule has 25 heavy (non-hydrogen) atoms. The van der Waals surface area contributed by atoms with Crippen LogP contribution in [0.2, 0.25) is 5.02 Å². The summed E-state index contributed by atoms with van der Waals surface area (Å²) < 4.78 is 0. The molecule has 1 unspecified atom stereocenters. The van der Waals surface area contributed by atoms with E-state index in [-0.39, 0.29) is 18.0 Å². The van der Waals surface area contributed by atoms with E-state index in [1.807, 2.05) is 42.5 Å². The molecule has 0 aliphatic carbocycles.